The van der Waals surface area contributed by atoms with E-state index >= 15 is 0 Å². The van der Waals surface area contributed by atoms with E-state index < -0.39 is 11.9 Å². The van der Waals surface area contributed by atoms with Gasteiger partial charge in [0, 0.05) is 37.8 Å². The number of amides is 2. The molecule has 230 valence electrons. The summed E-state index contributed by atoms with van der Waals surface area (Å²) in [6.45, 7) is 3.91. The van der Waals surface area contributed by atoms with Gasteiger partial charge in [-0.1, -0.05) is 31.4 Å². The van der Waals surface area contributed by atoms with Gasteiger partial charge < -0.3 is 19.7 Å². The van der Waals surface area contributed by atoms with Gasteiger partial charge in [-0.2, -0.15) is 4.80 Å². The Kier molecular flexibility index (Phi) is 10.7. The van der Waals surface area contributed by atoms with Gasteiger partial charge in [0.25, 0.3) is 0 Å². The van der Waals surface area contributed by atoms with Gasteiger partial charge in [-0.3, -0.25) is 14.5 Å². The number of halogens is 1. The quantitative estimate of drug-likeness (QED) is 0.341. The third kappa shape index (κ3) is 8.35. The fourth-order valence-electron chi connectivity index (χ4n) is 5.71. The van der Waals surface area contributed by atoms with Crippen molar-refractivity contribution in [3.05, 3.63) is 59.9 Å². The summed E-state index contributed by atoms with van der Waals surface area (Å²) in [6, 6.07) is 12.2. The van der Waals surface area contributed by atoms with E-state index in [9.17, 15) is 14.0 Å². The highest BCUT2D eigenvalue weighted by atomic mass is 19.1. The number of methoxy groups -OCH3 is 1. The Balaban J connectivity index is 1.38. The van der Waals surface area contributed by atoms with Crippen molar-refractivity contribution in [2.24, 2.45) is 0 Å². The van der Waals surface area contributed by atoms with Crippen molar-refractivity contribution < 1.29 is 23.5 Å². The minimum absolute atomic E-state index is 0.0542. The molecule has 0 unspecified atom stereocenters. The molecule has 3 aromatic rings. The highest BCUT2D eigenvalue weighted by Crippen LogP contribution is 2.25. The Morgan fingerprint density at radius 1 is 1.07 bits per heavy atom. The summed E-state index contributed by atoms with van der Waals surface area (Å²) in [5.74, 6) is 0.0903. The van der Waals surface area contributed by atoms with Gasteiger partial charge in [0.1, 0.15) is 24.2 Å². The Morgan fingerprint density at radius 3 is 2.49 bits per heavy atom. The maximum atomic E-state index is 14.0. The summed E-state index contributed by atoms with van der Waals surface area (Å²) in [6.07, 6.45) is 5.74. The van der Waals surface area contributed by atoms with Crippen LogP contribution in [0.25, 0.3) is 11.4 Å². The molecule has 5 rings (SSSR count). The molecule has 1 atom stereocenters. The molecule has 0 spiro atoms. The molecule has 0 radical (unpaired) electrons. The smallest absolute Gasteiger partial charge is 0.247 e. The van der Waals surface area contributed by atoms with Crippen LogP contribution in [0.2, 0.25) is 0 Å². The Morgan fingerprint density at radius 2 is 1.79 bits per heavy atom. The lowest BCUT2D eigenvalue weighted by atomic mass is 9.94. The lowest BCUT2D eigenvalue weighted by molar-refractivity contribution is -0.142. The summed E-state index contributed by atoms with van der Waals surface area (Å²) < 4.78 is 24.6. The number of hydrogen-bond donors (Lipinski definition) is 1. The molecule has 2 aromatic carbocycles. The molecule has 11 nitrogen and oxygen atoms in total. The summed E-state index contributed by atoms with van der Waals surface area (Å²) in [7, 11) is 1.59. The van der Waals surface area contributed by atoms with Crippen molar-refractivity contribution in [2.45, 2.75) is 57.2 Å². The maximum absolute atomic E-state index is 14.0. The van der Waals surface area contributed by atoms with Crippen LogP contribution in [0.4, 0.5) is 4.39 Å². The van der Waals surface area contributed by atoms with Crippen LogP contribution in [0, 0.1) is 5.82 Å². The van der Waals surface area contributed by atoms with Gasteiger partial charge >= 0.3 is 0 Å². The van der Waals surface area contributed by atoms with Crippen molar-refractivity contribution >= 4 is 11.8 Å². The molecule has 2 aliphatic rings. The molecule has 1 aromatic heterocycles. The van der Waals surface area contributed by atoms with Crippen LogP contribution in [0.15, 0.2) is 48.5 Å². The van der Waals surface area contributed by atoms with Crippen LogP contribution in [-0.4, -0.2) is 94.4 Å². The van der Waals surface area contributed by atoms with E-state index in [4.69, 9.17) is 9.47 Å². The van der Waals surface area contributed by atoms with E-state index in [0.717, 1.165) is 57.3 Å². The normalized spacial score (nSPS) is 16.9. The van der Waals surface area contributed by atoms with Crippen molar-refractivity contribution in [3.63, 3.8) is 0 Å². The predicted octanol–water partition coefficient (Wildman–Crippen LogP) is 3.23. The van der Waals surface area contributed by atoms with E-state index in [-0.39, 0.29) is 24.4 Å². The minimum Gasteiger partial charge on any atom is -0.497 e. The molecule has 2 amide bonds. The number of carbonyl (C=O) groups excluding carboxylic acids is 2. The van der Waals surface area contributed by atoms with E-state index in [1.54, 1.807) is 36.3 Å². The summed E-state index contributed by atoms with van der Waals surface area (Å²) in [5, 5.41) is 15.9. The fourth-order valence-corrected chi connectivity index (χ4v) is 5.71. The van der Waals surface area contributed by atoms with Crippen LogP contribution in [0.1, 0.15) is 50.1 Å². The van der Waals surface area contributed by atoms with Crippen LogP contribution in [0.3, 0.4) is 0 Å². The largest absolute Gasteiger partial charge is 0.497 e. The number of carbonyl (C=O) groups is 2. The Labute approximate surface area is 251 Å². The van der Waals surface area contributed by atoms with Crippen LogP contribution >= 0.6 is 0 Å². The first-order chi connectivity index (χ1) is 21.0. The number of morpholine rings is 1. The number of nitrogens with zero attached hydrogens (tertiary/aromatic N) is 6. The van der Waals surface area contributed by atoms with Crippen molar-refractivity contribution in [2.75, 3.05) is 46.5 Å². The monoisotopic (exact) mass is 593 g/mol. The van der Waals surface area contributed by atoms with E-state index in [1.807, 2.05) is 12.1 Å². The molecule has 1 N–H and O–H groups in total. The second-order valence-corrected chi connectivity index (χ2v) is 11.1. The third-order valence-electron chi connectivity index (χ3n) is 8.07. The average molecular weight is 594 g/mol. The topological polar surface area (TPSA) is 115 Å². The second-order valence-electron chi connectivity index (χ2n) is 11.1. The molecule has 2 heterocycles. The Bertz CT molecular complexity index is 1320. The van der Waals surface area contributed by atoms with Gasteiger partial charge in [0.05, 0.1) is 20.3 Å². The van der Waals surface area contributed by atoms with E-state index in [0.29, 0.717) is 43.3 Å². The highest BCUT2D eigenvalue weighted by Gasteiger charge is 2.33. The zero-order chi connectivity index (χ0) is 30.0. The number of aromatic nitrogens is 4. The first-order valence-corrected chi connectivity index (χ1v) is 15.1. The van der Waals surface area contributed by atoms with E-state index in [1.165, 1.54) is 16.9 Å². The molecule has 1 aliphatic heterocycles. The predicted molar refractivity (Wildman–Crippen MR) is 158 cm³/mol. The molecule has 1 saturated heterocycles. The Hall–Kier alpha value is -3.90. The maximum Gasteiger partial charge on any atom is 0.247 e. The van der Waals surface area contributed by atoms with Crippen molar-refractivity contribution in [1.29, 1.82) is 0 Å². The van der Waals surface area contributed by atoms with Gasteiger partial charge in [-0.15, -0.1) is 10.2 Å². The summed E-state index contributed by atoms with van der Waals surface area (Å²) in [4.78, 5) is 33.0. The lowest BCUT2D eigenvalue weighted by Crippen LogP contribution is -2.48. The van der Waals surface area contributed by atoms with Gasteiger partial charge in [0.2, 0.25) is 17.6 Å². The number of ether oxygens (including phenoxy) is 2. The van der Waals surface area contributed by atoms with Gasteiger partial charge in [-0.05, 0) is 66.4 Å². The molecular formula is C31H40FN7O4. The van der Waals surface area contributed by atoms with Crippen LogP contribution in [0.5, 0.6) is 5.75 Å². The van der Waals surface area contributed by atoms with Crippen molar-refractivity contribution in [1.82, 2.24) is 35.3 Å². The standard InChI is InChI=1S/C31H40FN7O4/c1-42-27-14-10-24(11-15-27)30-34-36-39(35-30)22-28(40)38(17-5-16-37-18-20-43-21-19-37)29(23-8-12-25(32)13-9-23)31(41)33-26-6-3-2-4-7-26/h8-15,26,29H,2-7,16-22H2,1H3,(H,33,41)/t29-/m1/s1. The highest BCUT2D eigenvalue weighted by molar-refractivity contribution is 5.89. The molecule has 0 bridgehead atoms. The first-order valence-electron chi connectivity index (χ1n) is 15.1. The van der Waals surface area contributed by atoms with Gasteiger partial charge in [-0.25, -0.2) is 4.39 Å². The molecule has 1 saturated carbocycles. The lowest BCUT2D eigenvalue weighted by Gasteiger charge is -2.34. The number of hydrogen-bond acceptors (Lipinski definition) is 8. The SMILES string of the molecule is COc1ccc(-c2nnn(CC(=O)N(CCCN3CCOCC3)[C@@H](C(=O)NC3CCCCC3)c3ccc(F)cc3)n2)cc1. The van der Waals surface area contributed by atoms with E-state index in [2.05, 4.69) is 25.6 Å². The first kappa shape index (κ1) is 30.6. The number of rotatable bonds is 12. The van der Waals surface area contributed by atoms with Crippen LogP contribution < -0.4 is 10.1 Å². The summed E-state index contributed by atoms with van der Waals surface area (Å²) >= 11 is 0. The summed E-state index contributed by atoms with van der Waals surface area (Å²) in [5.41, 5.74) is 1.29. The second kappa shape index (κ2) is 15.0. The minimum atomic E-state index is -0.927. The fraction of sp³-hybridized carbons (Fsp3) is 0.516. The molecule has 43 heavy (non-hydrogen) atoms. The number of nitrogens with one attached hydrogen (secondary N) is 1. The average Bonchev–Trinajstić information content (AvgIpc) is 3.50. The number of benzene rings is 2. The zero-order valence-electron chi connectivity index (χ0n) is 24.7. The van der Waals surface area contributed by atoms with Gasteiger partial charge in [0.15, 0.2) is 0 Å². The van der Waals surface area contributed by atoms with Crippen molar-refractivity contribution in [3.8, 4) is 17.1 Å². The third-order valence-corrected chi connectivity index (χ3v) is 8.07. The molecule has 1 aliphatic carbocycles. The molecular weight excluding hydrogens is 553 g/mol. The molecule has 2 fully saturated rings. The number of tetrazole rings is 1. The molecule has 12 heteroatoms. The van der Waals surface area contributed by atoms with Crippen LogP contribution in [-0.2, 0) is 20.9 Å². The zero-order valence-corrected chi connectivity index (χ0v) is 24.7.